The topological polar surface area (TPSA) is 23.5 Å². The van der Waals surface area contributed by atoms with Crippen LogP contribution in [0.3, 0.4) is 0 Å². The second-order valence-electron chi connectivity index (χ2n) is 2.50. The Kier molecular flexibility index (Phi) is 3.93. The van der Waals surface area contributed by atoms with Gasteiger partial charge in [-0.3, -0.25) is 0 Å². The Morgan fingerprint density at radius 3 is 1.70 bits per heavy atom. The summed E-state index contributed by atoms with van der Waals surface area (Å²) in [4.78, 5) is 1.93. The van der Waals surface area contributed by atoms with Crippen LogP contribution in [0.5, 0.6) is 0 Å². The van der Waals surface area contributed by atoms with Gasteiger partial charge in [0.25, 0.3) is 0 Å². The minimum Gasteiger partial charge on any atom is -0.495 e. The van der Waals surface area contributed by atoms with E-state index in [1.807, 2.05) is 32.6 Å². The summed E-state index contributed by atoms with van der Waals surface area (Å²) in [5, 5.41) is 9.39. The van der Waals surface area contributed by atoms with Gasteiger partial charge in [-0.25, -0.2) is 0 Å². The number of hydrogen-bond donors (Lipinski definition) is 1. The van der Waals surface area contributed by atoms with Gasteiger partial charge in [-0.05, 0) is 33.3 Å². The SMILES string of the molecule is CCN(CC)C(O)=C(C)C. The van der Waals surface area contributed by atoms with Gasteiger partial charge in [0.2, 0.25) is 0 Å². The van der Waals surface area contributed by atoms with Gasteiger partial charge in [0.05, 0.1) is 0 Å². The molecule has 0 aromatic heterocycles. The summed E-state index contributed by atoms with van der Waals surface area (Å²) in [5.74, 6) is 0.421. The number of allylic oxidation sites excluding steroid dienone is 1. The van der Waals surface area contributed by atoms with Crippen LogP contribution in [0.1, 0.15) is 27.7 Å². The lowest BCUT2D eigenvalue weighted by Gasteiger charge is -2.20. The lowest BCUT2D eigenvalue weighted by molar-refractivity contribution is 0.211. The van der Waals surface area contributed by atoms with Crippen LogP contribution in [0.2, 0.25) is 0 Å². The first-order valence-electron chi connectivity index (χ1n) is 3.74. The Morgan fingerprint density at radius 2 is 1.60 bits per heavy atom. The van der Waals surface area contributed by atoms with Crippen molar-refractivity contribution >= 4 is 0 Å². The van der Waals surface area contributed by atoms with Crippen molar-refractivity contribution in [3.8, 4) is 0 Å². The molecular weight excluding hydrogens is 126 g/mol. The van der Waals surface area contributed by atoms with E-state index in [4.69, 9.17) is 0 Å². The Bertz CT molecular complexity index is 121. The van der Waals surface area contributed by atoms with Gasteiger partial charge < -0.3 is 10.0 Å². The van der Waals surface area contributed by atoms with E-state index in [1.165, 1.54) is 0 Å². The first-order chi connectivity index (χ1) is 4.63. The third kappa shape index (κ3) is 2.29. The Morgan fingerprint density at radius 1 is 1.20 bits per heavy atom. The lowest BCUT2D eigenvalue weighted by atomic mass is 10.3. The van der Waals surface area contributed by atoms with Crippen molar-refractivity contribution < 1.29 is 5.11 Å². The molecule has 1 N–H and O–H groups in total. The molecule has 0 atom stereocenters. The Hall–Kier alpha value is -0.660. The maximum absolute atomic E-state index is 9.39. The molecule has 0 rings (SSSR count). The molecule has 0 fully saturated rings. The van der Waals surface area contributed by atoms with Crippen molar-refractivity contribution in [1.29, 1.82) is 0 Å². The molecule has 0 amide bonds. The van der Waals surface area contributed by atoms with E-state index in [0.29, 0.717) is 5.88 Å². The predicted octanol–water partition coefficient (Wildman–Crippen LogP) is 2.14. The first kappa shape index (κ1) is 9.34. The van der Waals surface area contributed by atoms with Gasteiger partial charge in [0.15, 0.2) is 5.88 Å². The molecule has 0 aromatic rings. The maximum Gasteiger partial charge on any atom is 0.185 e. The summed E-state index contributed by atoms with van der Waals surface area (Å²) in [7, 11) is 0. The van der Waals surface area contributed by atoms with Crippen LogP contribution in [0.15, 0.2) is 11.5 Å². The molecule has 60 valence electrons. The van der Waals surface area contributed by atoms with Crippen LogP contribution in [-0.4, -0.2) is 23.1 Å². The number of aliphatic hydroxyl groups is 1. The van der Waals surface area contributed by atoms with Crippen molar-refractivity contribution in [2.24, 2.45) is 0 Å². The lowest BCUT2D eigenvalue weighted by Crippen LogP contribution is -2.22. The zero-order valence-electron chi connectivity index (χ0n) is 7.31. The number of nitrogens with zero attached hydrogens (tertiary/aromatic N) is 1. The molecule has 0 aliphatic carbocycles. The van der Waals surface area contributed by atoms with E-state index in [2.05, 4.69) is 0 Å². The van der Waals surface area contributed by atoms with Crippen molar-refractivity contribution in [3.05, 3.63) is 11.5 Å². The molecule has 0 spiro atoms. The minimum atomic E-state index is 0.421. The van der Waals surface area contributed by atoms with Crippen LogP contribution in [0.4, 0.5) is 0 Å². The molecule has 10 heavy (non-hydrogen) atoms. The molecule has 2 heteroatoms. The molecule has 0 unspecified atom stereocenters. The fourth-order valence-electron chi connectivity index (χ4n) is 0.839. The summed E-state index contributed by atoms with van der Waals surface area (Å²) in [5.41, 5.74) is 0.976. The molecule has 0 heterocycles. The van der Waals surface area contributed by atoms with Gasteiger partial charge in [-0.15, -0.1) is 0 Å². The van der Waals surface area contributed by atoms with Crippen LogP contribution in [-0.2, 0) is 0 Å². The van der Waals surface area contributed by atoms with Crippen molar-refractivity contribution in [2.45, 2.75) is 27.7 Å². The van der Waals surface area contributed by atoms with E-state index < -0.39 is 0 Å². The third-order valence-corrected chi connectivity index (χ3v) is 1.51. The molecule has 2 nitrogen and oxygen atoms in total. The second-order valence-corrected chi connectivity index (χ2v) is 2.50. The zero-order valence-corrected chi connectivity index (χ0v) is 7.31. The molecule has 0 aromatic carbocycles. The second kappa shape index (κ2) is 4.20. The quantitative estimate of drug-likeness (QED) is 0.612. The summed E-state index contributed by atoms with van der Waals surface area (Å²) >= 11 is 0. The smallest absolute Gasteiger partial charge is 0.185 e. The van der Waals surface area contributed by atoms with E-state index in [9.17, 15) is 5.11 Å². The molecule has 0 aliphatic heterocycles. The number of hydrogen-bond acceptors (Lipinski definition) is 2. The summed E-state index contributed by atoms with van der Waals surface area (Å²) in [6.45, 7) is 9.62. The van der Waals surface area contributed by atoms with E-state index in [1.54, 1.807) is 0 Å². The fraction of sp³-hybridized carbons (Fsp3) is 0.750. The molecule has 0 bridgehead atoms. The van der Waals surface area contributed by atoms with Crippen LogP contribution in [0.25, 0.3) is 0 Å². The molecule has 0 saturated carbocycles. The number of aliphatic hydroxyl groups excluding tert-OH is 1. The van der Waals surface area contributed by atoms with Crippen molar-refractivity contribution in [1.82, 2.24) is 4.90 Å². The fourth-order valence-corrected chi connectivity index (χ4v) is 0.839. The highest BCUT2D eigenvalue weighted by Crippen LogP contribution is 2.04. The Labute approximate surface area is 63.2 Å². The largest absolute Gasteiger partial charge is 0.495 e. The summed E-state index contributed by atoms with van der Waals surface area (Å²) in [6, 6.07) is 0. The number of rotatable bonds is 3. The van der Waals surface area contributed by atoms with Gasteiger partial charge >= 0.3 is 0 Å². The molecule has 0 radical (unpaired) electrons. The van der Waals surface area contributed by atoms with E-state index in [0.717, 1.165) is 18.7 Å². The molecule has 0 saturated heterocycles. The van der Waals surface area contributed by atoms with Crippen molar-refractivity contribution in [2.75, 3.05) is 13.1 Å². The molecular formula is C8H17NO. The average Bonchev–Trinajstić information content (AvgIpc) is 1.90. The standard InChI is InChI=1S/C8H17NO/c1-5-9(6-2)8(10)7(3)4/h10H,5-6H2,1-4H3. The maximum atomic E-state index is 9.39. The Balaban J connectivity index is 4.15. The van der Waals surface area contributed by atoms with Crippen LogP contribution >= 0.6 is 0 Å². The highest BCUT2D eigenvalue weighted by Gasteiger charge is 2.02. The van der Waals surface area contributed by atoms with Crippen LogP contribution in [0, 0.1) is 0 Å². The van der Waals surface area contributed by atoms with E-state index in [-0.39, 0.29) is 0 Å². The van der Waals surface area contributed by atoms with Gasteiger partial charge in [0, 0.05) is 13.1 Å². The van der Waals surface area contributed by atoms with E-state index >= 15 is 0 Å². The normalized spacial score (nSPS) is 9.20. The van der Waals surface area contributed by atoms with Gasteiger partial charge in [-0.1, -0.05) is 0 Å². The monoisotopic (exact) mass is 143 g/mol. The average molecular weight is 143 g/mol. The summed E-state index contributed by atoms with van der Waals surface area (Å²) in [6.07, 6.45) is 0. The first-order valence-corrected chi connectivity index (χ1v) is 3.74. The highest BCUT2D eigenvalue weighted by molar-refractivity contribution is 4.99. The third-order valence-electron chi connectivity index (χ3n) is 1.51. The molecule has 0 aliphatic rings. The van der Waals surface area contributed by atoms with Gasteiger partial charge in [0.1, 0.15) is 0 Å². The highest BCUT2D eigenvalue weighted by atomic mass is 16.3. The predicted molar refractivity (Wildman–Crippen MR) is 43.9 cm³/mol. The van der Waals surface area contributed by atoms with Crippen LogP contribution < -0.4 is 0 Å². The van der Waals surface area contributed by atoms with Gasteiger partial charge in [-0.2, -0.15) is 0 Å². The summed E-state index contributed by atoms with van der Waals surface area (Å²) < 4.78 is 0. The van der Waals surface area contributed by atoms with Crippen molar-refractivity contribution in [3.63, 3.8) is 0 Å². The minimum absolute atomic E-state index is 0.421. The zero-order chi connectivity index (χ0) is 8.15.